The summed E-state index contributed by atoms with van der Waals surface area (Å²) in [6.45, 7) is 5.74. The van der Waals surface area contributed by atoms with Crippen LogP contribution in [-0.4, -0.2) is 62.9 Å². The van der Waals surface area contributed by atoms with Gasteiger partial charge in [-0.2, -0.15) is 0 Å². The lowest BCUT2D eigenvalue weighted by molar-refractivity contribution is -0.148. The summed E-state index contributed by atoms with van der Waals surface area (Å²) in [5, 5.41) is 3.38. The van der Waals surface area contributed by atoms with E-state index in [-0.39, 0.29) is 5.97 Å². The van der Waals surface area contributed by atoms with Crippen molar-refractivity contribution in [3.8, 4) is 0 Å². The summed E-state index contributed by atoms with van der Waals surface area (Å²) in [4.78, 5) is 14.6. The summed E-state index contributed by atoms with van der Waals surface area (Å²) in [5.41, 5.74) is -0.474. The number of carbonyl (C=O) groups excluding carboxylic acids is 1. The predicted octanol–water partition coefficient (Wildman–Crippen LogP) is 1.42. The molecule has 1 N–H and O–H groups in total. The van der Waals surface area contributed by atoms with Gasteiger partial charge in [-0.15, -0.1) is 0 Å². The van der Waals surface area contributed by atoms with Crippen molar-refractivity contribution in [2.75, 3.05) is 40.5 Å². The molecule has 0 radical (unpaired) electrons. The van der Waals surface area contributed by atoms with Gasteiger partial charge in [0.05, 0.1) is 7.11 Å². The lowest BCUT2D eigenvalue weighted by Gasteiger charge is -2.32. The lowest BCUT2D eigenvalue weighted by Crippen LogP contribution is -2.52. The van der Waals surface area contributed by atoms with Crippen LogP contribution in [0.2, 0.25) is 0 Å². The van der Waals surface area contributed by atoms with Crippen LogP contribution in [0.25, 0.3) is 0 Å². The van der Waals surface area contributed by atoms with Crippen LogP contribution < -0.4 is 5.32 Å². The van der Waals surface area contributed by atoms with Gasteiger partial charge in [0.25, 0.3) is 0 Å². The minimum Gasteiger partial charge on any atom is -0.468 e. The maximum absolute atomic E-state index is 12.2. The van der Waals surface area contributed by atoms with Gasteiger partial charge in [0.1, 0.15) is 5.54 Å². The van der Waals surface area contributed by atoms with Crippen molar-refractivity contribution < 1.29 is 14.3 Å². The van der Waals surface area contributed by atoms with Crippen molar-refractivity contribution >= 4 is 5.97 Å². The molecule has 0 amide bonds. The Kier molecular flexibility index (Phi) is 6.02. The van der Waals surface area contributed by atoms with Crippen molar-refractivity contribution in [3.63, 3.8) is 0 Å². The number of hydrogen-bond donors (Lipinski definition) is 1. The molecule has 0 spiro atoms. The highest BCUT2D eigenvalue weighted by atomic mass is 16.5. The number of hydrogen-bond acceptors (Lipinski definition) is 5. The lowest BCUT2D eigenvalue weighted by atomic mass is 9.96. The fourth-order valence-corrected chi connectivity index (χ4v) is 3.83. The molecule has 2 aliphatic rings. The fraction of sp³-hybridized carbons (Fsp3) is 0.938. The van der Waals surface area contributed by atoms with Crippen molar-refractivity contribution in [2.24, 2.45) is 5.92 Å². The molecule has 1 aliphatic carbocycles. The second kappa shape index (κ2) is 7.56. The Bertz CT molecular complexity index is 344. The molecular weight excluding hydrogens is 268 g/mol. The van der Waals surface area contributed by atoms with Gasteiger partial charge in [-0.1, -0.05) is 6.92 Å². The molecule has 1 saturated carbocycles. The number of likely N-dealkylation sites (N-methyl/N-ethyl adjacent to an activating group) is 1. The van der Waals surface area contributed by atoms with Crippen molar-refractivity contribution in [1.82, 2.24) is 10.2 Å². The molecule has 2 atom stereocenters. The smallest absolute Gasteiger partial charge is 0.326 e. The zero-order valence-corrected chi connectivity index (χ0v) is 13.7. The highest BCUT2D eigenvalue weighted by Crippen LogP contribution is 2.34. The molecule has 5 heteroatoms. The SMILES string of the molecule is CCNC1(C(=O)OC)CCC(N(C)CC2CCOCC2)C1. The van der Waals surface area contributed by atoms with Crippen molar-refractivity contribution in [1.29, 1.82) is 0 Å². The van der Waals surface area contributed by atoms with Gasteiger partial charge in [0, 0.05) is 25.8 Å². The number of nitrogens with zero attached hydrogens (tertiary/aromatic N) is 1. The summed E-state index contributed by atoms with van der Waals surface area (Å²) >= 11 is 0. The van der Waals surface area contributed by atoms with Gasteiger partial charge in [-0.05, 0) is 51.6 Å². The highest BCUT2D eigenvalue weighted by Gasteiger charge is 2.46. The first kappa shape index (κ1) is 16.7. The molecule has 0 aromatic rings. The first-order chi connectivity index (χ1) is 10.1. The van der Waals surface area contributed by atoms with E-state index in [1.807, 2.05) is 6.92 Å². The Balaban J connectivity index is 1.91. The first-order valence-corrected chi connectivity index (χ1v) is 8.22. The van der Waals surface area contributed by atoms with Crippen LogP contribution in [0, 0.1) is 5.92 Å². The van der Waals surface area contributed by atoms with E-state index in [1.165, 1.54) is 7.11 Å². The number of nitrogens with one attached hydrogen (secondary N) is 1. The summed E-state index contributed by atoms with van der Waals surface area (Å²) in [5.74, 6) is 0.627. The van der Waals surface area contributed by atoms with Crippen LogP contribution >= 0.6 is 0 Å². The average molecular weight is 298 g/mol. The molecule has 21 heavy (non-hydrogen) atoms. The zero-order chi connectivity index (χ0) is 15.3. The van der Waals surface area contributed by atoms with Gasteiger partial charge in [0.2, 0.25) is 0 Å². The van der Waals surface area contributed by atoms with E-state index in [2.05, 4.69) is 17.3 Å². The molecule has 2 unspecified atom stereocenters. The topological polar surface area (TPSA) is 50.8 Å². The third-order valence-corrected chi connectivity index (χ3v) is 5.09. The summed E-state index contributed by atoms with van der Waals surface area (Å²) in [6, 6.07) is 0.464. The molecule has 1 aliphatic heterocycles. The maximum Gasteiger partial charge on any atom is 0.326 e. The van der Waals surface area contributed by atoms with E-state index >= 15 is 0 Å². The second-order valence-electron chi connectivity index (χ2n) is 6.50. The molecule has 1 saturated heterocycles. The quantitative estimate of drug-likeness (QED) is 0.752. The van der Waals surface area contributed by atoms with Crippen molar-refractivity contribution in [2.45, 2.75) is 50.6 Å². The number of esters is 1. The Labute approximate surface area is 128 Å². The van der Waals surface area contributed by atoms with Crippen LogP contribution in [0.3, 0.4) is 0 Å². The second-order valence-corrected chi connectivity index (χ2v) is 6.50. The third kappa shape index (κ3) is 3.96. The monoisotopic (exact) mass is 298 g/mol. The van der Waals surface area contributed by atoms with Crippen LogP contribution in [0.1, 0.15) is 39.0 Å². The van der Waals surface area contributed by atoms with E-state index in [0.29, 0.717) is 6.04 Å². The van der Waals surface area contributed by atoms with Crippen LogP contribution in [0.4, 0.5) is 0 Å². The molecular formula is C16H30N2O3. The fourth-order valence-electron chi connectivity index (χ4n) is 3.83. The van der Waals surface area contributed by atoms with Crippen molar-refractivity contribution in [3.05, 3.63) is 0 Å². The molecule has 2 fully saturated rings. The van der Waals surface area contributed by atoms with Crippen LogP contribution in [0.15, 0.2) is 0 Å². The standard InChI is InChI=1S/C16H30N2O3/c1-4-17-16(15(19)20-3)8-5-14(11-16)18(2)12-13-6-9-21-10-7-13/h13-14,17H,4-12H2,1-3H3. The molecule has 122 valence electrons. The maximum atomic E-state index is 12.2. The first-order valence-electron chi connectivity index (χ1n) is 8.22. The molecule has 0 aromatic heterocycles. The molecule has 0 aromatic carbocycles. The summed E-state index contributed by atoms with van der Waals surface area (Å²) < 4.78 is 10.5. The molecule has 0 bridgehead atoms. The Morgan fingerprint density at radius 3 is 2.71 bits per heavy atom. The van der Waals surface area contributed by atoms with Gasteiger partial charge >= 0.3 is 5.97 Å². The van der Waals surface area contributed by atoms with E-state index in [9.17, 15) is 4.79 Å². The Morgan fingerprint density at radius 1 is 1.38 bits per heavy atom. The van der Waals surface area contributed by atoms with Gasteiger partial charge in [0.15, 0.2) is 0 Å². The third-order valence-electron chi connectivity index (χ3n) is 5.09. The Hall–Kier alpha value is -0.650. The van der Waals surface area contributed by atoms with E-state index in [0.717, 1.165) is 64.3 Å². The number of ether oxygens (including phenoxy) is 2. The number of carbonyl (C=O) groups is 1. The summed E-state index contributed by atoms with van der Waals surface area (Å²) in [7, 11) is 3.68. The van der Waals surface area contributed by atoms with Crippen LogP contribution in [-0.2, 0) is 14.3 Å². The minimum absolute atomic E-state index is 0.105. The molecule has 2 rings (SSSR count). The van der Waals surface area contributed by atoms with Gasteiger partial charge in [-0.3, -0.25) is 4.79 Å². The normalized spacial score (nSPS) is 30.8. The number of methoxy groups -OCH3 is 1. The van der Waals surface area contributed by atoms with Gasteiger partial charge in [-0.25, -0.2) is 0 Å². The highest BCUT2D eigenvalue weighted by molar-refractivity contribution is 5.81. The number of rotatable bonds is 6. The molecule has 5 nitrogen and oxygen atoms in total. The largest absolute Gasteiger partial charge is 0.468 e. The van der Waals surface area contributed by atoms with E-state index in [1.54, 1.807) is 0 Å². The summed E-state index contributed by atoms with van der Waals surface area (Å²) in [6.07, 6.45) is 5.10. The minimum atomic E-state index is -0.474. The van der Waals surface area contributed by atoms with Crippen LogP contribution in [0.5, 0.6) is 0 Å². The Morgan fingerprint density at radius 2 is 2.10 bits per heavy atom. The van der Waals surface area contributed by atoms with E-state index < -0.39 is 5.54 Å². The van der Waals surface area contributed by atoms with E-state index in [4.69, 9.17) is 9.47 Å². The predicted molar refractivity (Wildman–Crippen MR) is 82.2 cm³/mol. The zero-order valence-electron chi connectivity index (χ0n) is 13.7. The van der Waals surface area contributed by atoms with Gasteiger partial charge < -0.3 is 19.7 Å². The average Bonchev–Trinajstić information content (AvgIpc) is 2.93. The molecule has 1 heterocycles.